The molecule has 1 amide bonds. The molecule has 2 aromatic rings. The molecule has 2 saturated heterocycles. The van der Waals surface area contributed by atoms with Gasteiger partial charge in [0, 0.05) is 18.6 Å². The number of alkyl halides is 3. The first-order valence-electron chi connectivity index (χ1n) is 12.5. The normalized spacial score (nSPS) is 23.6. The van der Waals surface area contributed by atoms with E-state index in [9.17, 15) is 35.2 Å². The van der Waals surface area contributed by atoms with Gasteiger partial charge in [-0.2, -0.15) is 13.2 Å². The van der Waals surface area contributed by atoms with Crippen LogP contribution >= 0.6 is 11.6 Å². The average Bonchev–Trinajstić information content (AvgIpc) is 3.62. The van der Waals surface area contributed by atoms with Crippen molar-refractivity contribution in [1.29, 1.82) is 0 Å². The predicted octanol–water partition coefficient (Wildman–Crippen LogP) is 5.78. The van der Waals surface area contributed by atoms with Crippen molar-refractivity contribution < 1.29 is 39.9 Å². The molecule has 3 aliphatic rings. The van der Waals surface area contributed by atoms with Gasteiger partial charge in [0.25, 0.3) is 5.91 Å². The Bertz CT molecular complexity index is 1400. The molecule has 3 atom stereocenters. The number of piperidine rings is 1. The summed E-state index contributed by atoms with van der Waals surface area (Å²) in [6.07, 6.45) is -0.168. The lowest BCUT2D eigenvalue weighted by atomic mass is 9.95. The molecule has 2 aliphatic heterocycles. The molecule has 212 valence electrons. The second-order valence-electron chi connectivity index (χ2n) is 10.5. The van der Waals surface area contributed by atoms with Gasteiger partial charge in [-0.05, 0) is 79.8 Å². The maximum Gasteiger partial charge on any atom is 0.416 e. The van der Waals surface area contributed by atoms with E-state index in [4.69, 9.17) is 16.3 Å². The number of amides is 1. The summed E-state index contributed by atoms with van der Waals surface area (Å²) in [6, 6.07) is 3.85. The number of ether oxygens (including phenoxy) is 1. The first-order valence-corrected chi connectivity index (χ1v) is 14.8. The first kappa shape index (κ1) is 28.1. The fraction of sp³-hybridized carbons (Fsp3) is 0.500. The molecule has 0 unspecified atom stereocenters. The second kappa shape index (κ2) is 10.2. The van der Waals surface area contributed by atoms with Crippen molar-refractivity contribution in [2.75, 3.05) is 6.26 Å². The maximum absolute atomic E-state index is 15.0. The van der Waals surface area contributed by atoms with Crippen LogP contribution in [-0.2, 0) is 22.7 Å². The van der Waals surface area contributed by atoms with Gasteiger partial charge in [-0.1, -0.05) is 11.6 Å². The molecular weight excluding hydrogens is 567 g/mol. The third kappa shape index (κ3) is 6.17. The maximum atomic E-state index is 15.0. The molecule has 0 radical (unpaired) electrons. The Hall–Kier alpha value is -2.44. The molecule has 0 spiro atoms. The number of hydrogen-bond donors (Lipinski definition) is 1. The van der Waals surface area contributed by atoms with Gasteiger partial charge in [0.2, 0.25) is 10.0 Å². The highest BCUT2D eigenvalue weighted by Gasteiger charge is 2.43. The van der Waals surface area contributed by atoms with Crippen LogP contribution in [0.25, 0.3) is 0 Å². The minimum absolute atomic E-state index is 0.0126. The topological polar surface area (TPSA) is 75.7 Å². The van der Waals surface area contributed by atoms with Crippen LogP contribution in [0.1, 0.15) is 71.5 Å². The molecule has 1 aliphatic carbocycles. The fourth-order valence-corrected chi connectivity index (χ4v) is 6.37. The van der Waals surface area contributed by atoms with E-state index < -0.39 is 56.2 Å². The van der Waals surface area contributed by atoms with Crippen molar-refractivity contribution in [1.82, 2.24) is 9.62 Å². The summed E-state index contributed by atoms with van der Waals surface area (Å²) in [7, 11) is -3.86. The molecule has 5 rings (SSSR count). The van der Waals surface area contributed by atoms with Crippen molar-refractivity contribution in [3.63, 3.8) is 0 Å². The van der Waals surface area contributed by atoms with Crippen LogP contribution < -0.4 is 9.46 Å². The summed E-state index contributed by atoms with van der Waals surface area (Å²) in [4.78, 5) is 14.5. The fourth-order valence-electron chi connectivity index (χ4n) is 5.71. The minimum Gasteiger partial charge on any atom is -0.487 e. The zero-order chi connectivity index (χ0) is 28.3. The SMILES string of the molecule is CS(=O)(=O)NC(=O)c1cc(C2CC2)c(CN2[C@@H]3CC[C@H]2C[C@@H](Oc2cc(C(F)(F)F)cc(Cl)c2F)C3)cc1F. The molecule has 1 saturated carbocycles. The number of benzene rings is 2. The number of nitrogens with one attached hydrogen (secondary N) is 1. The van der Waals surface area contributed by atoms with Crippen LogP contribution in [0.15, 0.2) is 24.3 Å². The number of rotatable bonds is 7. The van der Waals surface area contributed by atoms with Gasteiger partial charge >= 0.3 is 6.18 Å². The number of carbonyl (C=O) groups excluding carboxylic acids is 1. The lowest BCUT2D eigenvalue weighted by Crippen LogP contribution is -2.46. The molecule has 6 nitrogen and oxygen atoms in total. The number of hydrogen-bond acceptors (Lipinski definition) is 5. The molecule has 3 fully saturated rings. The van der Waals surface area contributed by atoms with Gasteiger partial charge in [-0.3, -0.25) is 9.69 Å². The van der Waals surface area contributed by atoms with Gasteiger partial charge in [-0.15, -0.1) is 0 Å². The molecule has 13 heteroatoms. The van der Waals surface area contributed by atoms with Gasteiger partial charge in [0.15, 0.2) is 11.6 Å². The Kier molecular flexibility index (Phi) is 7.34. The first-order chi connectivity index (χ1) is 18.2. The molecule has 1 N–H and O–H groups in total. The molecule has 2 aromatic carbocycles. The van der Waals surface area contributed by atoms with E-state index >= 15 is 0 Å². The van der Waals surface area contributed by atoms with Crippen molar-refractivity contribution in [2.24, 2.45) is 0 Å². The molecule has 2 heterocycles. The Labute approximate surface area is 227 Å². The smallest absolute Gasteiger partial charge is 0.416 e. The number of carbonyl (C=O) groups is 1. The van der Waals surface area contributed by atoms with Crippen LogP contribution in [0.4, 0.5) is 22.0 Å². The molecule has 0 aromatic heterocycles. The monoisotopic (exact) mass is 592 g/mol. The Morgan fingerprint density at radius 3 is 2.28 bits per heavy atom. The number of halogens is 6. The van der Waals surface area contributed by atoms with Crippen LogP contribution in [0.5, 0.6) is 5.75 Å². The highest BCUT2D eigenvalue weighted by atomic mass is 35.5. The molecule has 39 heavy (non-hydrogen) atoms. The van der Waals surface area contributed by atoms with Crippen LogP contribution in [0.3, 0.4) is 0 Å². The highest BCUT2D eigenvalue weighted by Crippen LogP contribution is 2.45. The number of sulfonamides is 1. The van der Waals surface area contributed by atoms with E-state index in [-0.39, 0.29) is 23.6 Å². The van der Waals surface area contributed by atoms with Gasteiger partial charge in [-0.25, -0.2) is 21.9 Å². The van der Waals surface area contributed by atoms with E-state index in [2.05, 4.69) is 4.90 Å². The number of fused-ring (bicyclic) bond motifs is 2. The van der Waals surface area contributed by atoms with Crippen LogP contribution in [0, 0.1) is 11.6 Å². The Morgan fingerprint density at radius 1 is 1.08 bits per heavy atom. The average molecular weight is 593 g/mol. The van der Waals surface area contributed by atoms with Crippen molar-refractivity contribution in [2.45, 2.75) is 75.4 Å². The summed E-state index contributed by atoms with van der Waals surface area (Å²) >= 11 is 5.70. The number of nitrogens with zero attached hydrogens (tertiary/aromatic N) is 1. The lowest BCUT2D eigenvalue weighted by Gasteiger charge is -2.39. The highest BCUT2D eigenvalue weighted by molar-refractivity contribution is 7.89. The van der Waals surface area contributed by atoms with E-state index in [0.717, 1.165) is 37.5 Å². The predicted molar refractivity (Wildman–Crippen MR) is 133 cm³/mol. The van der Waals surface area contributed by atoms with E-state index in [0.29, 0.717) is 37.1 Å². The summed E-state index contributed by atoms with van der Waals surface area (Å²) in [5.41, 5.74) is 0.0851. The van der Waals surface area contributed by atoms with Crippen LogP contribution in [0.2, 0.25) is 5.02 Å². The third-order valence-electron chi connectivity index (χ3n) is 7.58. The van der Waals surface area contributed by atoms with Gasteiger partial charge < -0.3 is 4.74 Å². The van der Waals surface area contributed by atoms with E-state index in [1.165, 1.54) is 12.1 Å². The largest absolute Gasteiger partial charge is 0.487 e. The Balaban J connectivity index is 1.33. The minimum atomic E-state index is -4.70. The third-order valence-corrected chi connectivity index (χ3v) is 8.41. The quantitative estimate of drug-likeness (QED) is 0.413. The van der Waals surface area contributed by atoms with Crippen molar-refractivity contribution in [3.05, 3.63) is 63.2 Å². The van der Waals surface area contributed by atoms with Crippen LogP contribution in [-0.4, -0.2) is 43.7 Å². The van der Waals surface area contributed by atoms with E-state index in [1.54, 1.807) is 4.72 Å². The van der Waals surface area contributed by atoms with E-state index in [1.807, 2.05) is 0 Å². The standard InChI is InChI=1S/C26H26ClF5N2O4S/c1-39(36,37)33-25(35)20-11-19(13-2-3-13)14(6-22(20)28)12-34-16-4-5-17(34)10-18(9-16)38-23-8-15(26(30,31)32)7-21(27)24(23)29/h6-8,11,13,16-18H,2-5,9-10,12H2,1H3,(H,33,35)/t16-,17+,18+. The summed E-state index contributed by atoms with van der Waals surface area (Å²) in [5.74, 6) is -3.27. The lowest BCUT2D eigenvalue weighted by molar-refractivity contribution is -0.137. The molecule has 2 bridgehead atoms. The van der Waals surface area contributed by atoms with Crippen molar-refractivity contribution >= 4 is 27.5 Å². The summed E-state index contributed by atoms with van der Waals surface area (Å²) < 4.78 is 99.5. The van der Waals surface area contributed by atoms with Gasteiger partial charge in [0.05, 0.1) is 22.4 Å². The summed E-state index contributed by atoms with van der Waals surface area (Å²) in [5, 5.41) is -0.663. The molecular formula is C26H26ClF5N2O4S. The summed E-state index contributed by atoms with van der Waals surface area (Å²) in [6.45, 7) is 0.391. The van der Waals surface area contributed by atoms with Crippen molar-refractivity contribution in [3.8, 4) is 5.75 Å². The zero-order valence-electron chi connectivity index (χ0n) is 20.8. The Morgan fingerprint density at radius 2 is 1.72 bits per heavy atom. The second-order valence-corrected chi connectivity index (χ2v) is 12.7. The van der Waals surface area contributed by atoms with Gasteiger partial charge in [0.1, 0.15) is 11.9 Å². The zero-order valence-corrected chi connectivity index (χ0v) is 22.4.